The lowest BCUT2D eigenvalue weighted by molar-refractivity contribution is -0.135. The fourth-order valence-corrected chi connectivity index (χ4v) is 5.40. The summed E-state index contributed by atoms with van der Waals surface area (Å²) >= 11 is 1.22. The van der Waals surface area contributed by atoms with E-state index in [0.29, 0.717) is 54.5 Å². The van der Waals surface area contributed by atoms with E-state index in [1.165, 1.54) is 11.3 Å². The largest absolute Gasteiger partial charge is 0.494 e. The van der Waals surface area contributed by atoms with Crippen LogP contribution in [0, 0.1) is 11.3 Å². The summed E-state index contributed by atoms with van der Waals surface area (Å²) in [5.74, 6) is -1.58. The van der Waals surface area contributed by atoms with Crippen LogP contribution in [0.5, 0.6) is 5.75 Å². The van der Waals surface area contributed by atoms with Gasteiger partial charge in [-0.1, -0.05) is 31.2 Å². The molecular formula is C27H27N5O4S. The van der Waals surface area contributed by atoms with Crippen molar-refractivity contribution in [1.82, 2.24) is 15.2 Å². The van der Waals surface area contributed by atoms with Crippen molar-refractivity contribution in [2.45, 2.75) is 39.3 Å². The van der Waals surface area contributed by atoms with Gasteiger partial charge in [-0.3, -0.25) is 14.6 Å². The minimum Gasteiger partial charge on any atom is -0.494 e. The van der Waals surface area contributed by atoms with E-state index in [0.717, 1.165) is 16.1 Å². The number of nitrogens with one attached hydrogen (secondary N) is 2. The number of Topliss-reactive ketones (excluding diaryl/α,β-unsaturated/α-hetero) is 1. The summed E-state index contributed by atoms with van der Waals surface area (Å²) in [6.45, 7) is 5.00. The molecule has 0 spiro atoms. The molecule has 1 unspecified atom stereocenters. The van der Waals surface area contributed by atoms with Gasteiger partial charge in [-0.15, -0.1) is 11.3 Å². The van der Waals surface area contributed by atoms with Gasteiger partial charge in [0.25, 0.3) is 5.91 Å². The first-order valence-corrected chi connectivity index (χ1v) is 12.8. The zero-order chi connectivity index (χ0) is 26.4. The molecule has 9 nitrogen and oxygen atoms in total. The average molecular weight is 518 g/mol. The summed E-state index contributed by atoms with van der Waals surface area (Å²) in [5, 5.41) is 15.6. The first-order chi connectivity index (χ1) is 17.9. The topological polar surface area (TPSA) is 124 Å². The molecule has 1 aliphatic heterocycles. The highest BCUT2D eigenvalue weighted by Gasteiger charge is 2.30. The number of amides is 3. The Morgan fingerprint density at radius 3 is 2.73 bits per heavy atom. The van der Waals surface area contributed by atoms with E-state index in [4.69, 9.17) is 4.74 Å². The molecule has 10 heteroatoms. The number of nitriles is 1. The number of carbonyl (C=O) groups excluding carboxylic acids is 3. The van der Waals surface area contributed by atoms with Crippen LogP contribution in [0.4, 0.5) is 9.80 Å². The minimum absolute atomic E-state index is 0.231. The number of carbonyl (C=O) groups is 3. The normalized spacial score (nSPS) is 13.2. The Kier molecular flexibility index (Phi) is 8.15. The molecule has 2 N–H and O–H groups in total. The summed E-state index contributed by atoms with van der Waals surface area (Å²) in [4.78, 5) is 45.2. The Hall–Kier alpha value is -4.23. The maximum absolute atomic E-state index is 13.0. The van der Waals surface area contributed by atoms with Crippen molar-refractivity contribution in [1.29, 1.82) is 5.26 Å². The van der Waals surface area contributed by atoms with Crippen molar-refractivity contribution in [3.8, 4) is 11.8 Å². The molecule has 1 aromatic carbocycles. The number of fused-ring (bicyclic) bond motifs is 1. The van der Waals surface area contributed by atoms with Gasteiger partial charge in [0.2, 0.25) is 5.78 Å². The van der Waals surface area contributed by atoms with Crippen molar-refractivity contribution in [2.24, 2.45) is 0 Å². The number of hydrogen-bond donors (Lipinski definition) is 2. The van der Waals surface area contributed by atoms with E-state index in [2.05, 4.69) is 21.7 Å². The molecule has 1 atom stereocenters. The molecule has 0 saturated heterocycles. The van der Waals surface area contributed by atoms with Gasteiger partial charge < -0.3 is 20.3 Å². The number of nitrogens with zero attached hydrogens (tertiary/aromatic N) is 3. The lowest BCUT2D eigenvalue weighted by Gasteiger charge is -2.27. The molecule has 0 aliphatic carbocycles. The van der Waals surface area contributed by atoms with E-state index in [1.54, 1.807) is 36.2 Å². The number of hydrogen-bond acceptors (Lipinski definition) is 7. The zero-order valence-electron chi connectivity index (χ0n) is 20.6. The van der Waals surface area contributed by atoms with Crippen LogP contribution in [-0.4, -0.2) is 40.8 Å². The summed E-state index contributed by atoms with van der Waals surface area (Å²) in [6.07, 6.45) is 2.15. The Morgan fingerprint density at radius 2 is 2.00 bits per heavy atom. The van der Waals surface area contributed by atoms with Crippen molar-refractivity contribution < 1.29 is 19.1 Å². The monoisotopic (exact) mass is 517 g/mol. The van der Waals surface area contributed by atoms with E-state index >= 15 is 0 Å². The highest BCUT2D eigenvalue weighted by Crippen LogP contribution is 2.37. The van der Waals surface area contributed by atoms with Crippen molar-refractivity contribution in [3.05, 3.63) is 75.9 Å². The fraction of sp³-hybridized carbons (Fsp3) is 0.296. The highest BCUT2D eigenvalue weighted by atomic mass is 32.1. The number of benzene rings is 1. The molecular weight excluding hydrogens is 490 g/mol. The van der Waals surface area contributed by atoms with Gasteiger partial charge in [-0.25, -0.2) is 4.79 Å². The second kappa shape index (κ2) is 11.7. The smallest absolute Gasteiger partial charge is 0.318 e. The molecule has 0 fully saturated rings. The van der Waals surface area contributed by atoms with Crippen LogP contribution in [0.3, 0.4) is 0 Å². The second-order valence-corrected chi connectivity index (χ2v) is 9.59. The first-order valence-electron chi connectivity index (χ1n) is 12.0. The number of ketones is 1. The predicted molar refractivity (Wildman–Crippen MR) is 139 cm³/mol. The maximum atomic E-state index is 13.0. The van der Waals surface area contributed by atoms with E-state index in [9.17, 15) is 19.6 Å². The summed E-state index contributed by atoms with van der Waals surface area (Å²) in [7, 11) is 0. The number of ether oxygens (including phenoxy) is 1. The molecule has 3 heterocycles. The molecule has 0 radical (unpaired) electrons. The first kappa shape index (κ1) is 25.9. The fourth-order valence-electron chi connectivity index (χ4n) is 4.19. The van der Waals surface area contributed by atoms with Gasteiger partial charge in [0, 0.05) is 23.2 Å². The number of anilines is 1. The zero-order valence-corrected chi connectivity index (χ0v) is 21.4. The van der Waals surface area contributed by atoms with E-state index < -0.39 is 17.6 Å². The molecule has 2 aromatic heterocycles. The Balaban J connectivity index is 1.44. The number of aromatic nitrogens is 1. The minimum atomic E-state index is -0.793. The number of para-hydroxylation sites is 1. The van der Waals surface area contributed by atoms with Gasteiger partial charge >= 0.3 is 6.03 Å². The van der Waals surface area contributed by atoms with Gasteiger partial charge in [0.1, 0.15) is 16.8 Å². The number of pyridine rings is 1. The van der Waals surface area contributed by atoms with Crippen molar-refractivity contribution >= 4 is 34.1 Å². The maximum Gasteiger partial charge on any atom is 0.318 e. The second-order valence-electron chi connectivity index (χ2n) is 8.48. The number of urea groups is 1. The van der Waals surface area contributed by atoms with Gasteiger partial charge in [-0.05, 0) is 37.1 Å². The van der Waals surface area contributed by atoms with Gasteiger partial charge in [0.05, 0.1) is 36.9 Å². The summed E-state index contributed by atoms with van der Waals surface area (Å²) in [5.41, 5.74) is 2.53. The lowest BCUT2D eigenvalue weighted by atomic mass is 9.95. The summed E-state index contributed by atoms with van der Waals surface area (Å²) < 4.78 is 5.60. The van der Waals surface area contributed by atoms with Gasteiger partial charge in [0.15, 0.2) is 0 Å². The van der Waals surface area contributed by atoms with Crippen molar-refractivity contribution in [3.63, 3.8) is 0 Å². The number of thiophene rings is 1. The SMILES string of the molecule is CCOc1ccccc1C(C)C(=O)C(=O)Nc1sc2c(c1C#N)CCN(C(=O)NCc1ccccn1)C2. The average Bonchev–Trinajstić information content (AvgIpc) is 3.27. The molecule has 0 saturated carbocycles. The number of rotatable bonds is 8. The molecule has 3 amide bonds. The van der Waals surface area contributed by atoms with Crippen LogP contribution in [0.2, 0.25) is 0 Å². The molecule has 190 valence electrons. The standard InChI is InChI=1S/C27H27N5O4S/c1-3-36-22-10-5-4-9-19(22)17(2)24(33)25(34)31-26-21(14-28)20-11-13-32(16-23(20)37-26)27(35)30-15-18-8-6-7-12-29-18/h4-10,12,17H,3,11,13,15-16H2,1-2H3,(H,30,35)(H,31,34). The molecule has 3 aromatic rings. The predicted octanol–water partition coefficient (Wildman–Crippen LogP) is 3.99. The quantitative estimate of drug-likeness (QED) is 0.436. The molecule has 1 aliphatic rings. The third kappa shape index (κ3) is 5.78. The van der Waals surface area contributed by atoms with Crippen LogP contribution < -0.4 is 15.4 Å². The van der Waals surface area contributed by atoms with Crippen LogP contribution in [0.15, 0.2) is 48.7 Å². The highest BCUT2D eigenvalue weighted by molar-refractivity contribution is 7.16. The van der Waals surface area contributed by atoms with Crippen molar-refractivity contribution in [2.75, 3.05) is 18.5 Å². The molecule has 0 bridgehead atoms. The third-order valence-corrected chi connectivity index (χ3v) is 7.26. The Morgan fingerprint density at radius 1 is 1.22 bits per heavy atom. The van der Waals surface area contributed by atoms with Crippen LogP contribution in [-0.2, 0) is 29.1 Å². The van der Waals surface area contributed by atoms with Crippen LogP contribution >= 0.6 is 11.3 Å². The molecule has 4 rings (SSSR count). The van der Waals surface area contributed by atoms with Crippen LogP contribution in [0.25, 0.3) is 0 Å². The Labute approximate surface area is 219 Å². The lowest BCUT2D eigenvalue weighted by Crippen LogP contribution is -2.42. The van der Waals surface area contributed by atoms with E-state index in [-0.39, 0.29) is 6.03 Å². The van der Waals surface area contributed by atoms with Crippen LogP contribution in [0.1, 0.15) is 47.0 Å². The summed E-state index contributed by atoms with van der Waals surface area (Å²) in [6, 6.07) is 14.6. The molecule has 37 heavy (non-hydrogen) atoms. The van der Waals surface area contributed by atoms with E-state index in [1.807, 2.05) is 31.2 Å². The van der Waals surface area contributed by atoms with Gasteiger partial charge in [-0.2, -0.15) is 5.26 Å². The Bertz CT molecular complexity index is 1350. The third-order valence-electron chi connectivity index (χ3n) is 6.13.